The lowest BCUT2D eigenvalue weighted by Crippen LogP contribution is -2.61. The number of carboxylic acids is 1. The smallest absolute Gasteiger partial charge is 0.335 e. The topological polar surface area (TPSA) is 175 Å². The van der Waals surface area contributed by atoms with Crippen molar-refractivity contribution >= 4 is 23.9 Å². The molecule has 1 rings (SSSR count). The van der Waals surface area contributed by atoms with Crippen LogP contribution in [0, 0.1) is 0 Å². The van der Waals surface area contributed by atoms with Gasteiger partial charge in [0.1, 0.15) is 18.8 Å². The number of rotatable bonds is 56. The lowest BCUT2D eigenvalue weighted by Gasteiger charge is -2.40. The number of hydrogen-bond acceptors (Lipinski definition) is 11. The SMILES string of the molecule is CC/C=C\C/C=C\C/C=C\C/C=C\C/C=C\C/C=C\CCC(=O)OCC(COC1OC(C(=O)O)C(O)C(O)C1OC(=O)CCCCCCC/C=C\CCCCCCCC)OC(=O)CCCCCCCCCCC/C=C\CCCCCCCC. The highest BCUT2D eigenvalue weighted by Crippen LogP contribution is 2.26. The average Bonchev–Trinajstić information content (AvgIpc) is 3.58. The highest BCUT2D eigenvalue weighted by Gasteiger charge is 2.50. The van der Waals surface area contributed by atoms with Gasteiger partial charge in [-0.15, -0.1) is 0 Å². The summed E-state index contributed by atoms with van der Waals surface area (Å²) in [7, 11) is 0. The Labute approximate surface area is 504 Å². The van der Waals surface area contributed by atoms with Crippen molar-refractivity contribution in [2.24, 2.45) is 0 Å². The Hall–Kier alpha value is -4.36. The molecule has 1 heterocycles. The predicted molar refractivity (Wildman–Crippen MR) is 340 cm³/mol. The summed E-state index contributed by atoms with van der Waals surface area (Å²) in [6, 6.07) is 0. The van der Waals surface area contributed by atoms with Crippen LogP contribution in [0.3, 0.4) is 0 Å². The lowest BCUT2D eigenvalue weighted by molar-refractivity contribution is -0.301. The van der Waals surface area contributed by atoms with Crippen LogP contribution >= 0.6 is 0 Å². The molecule has 0 aromatic heterocycles. The van der Waals surface area contributed by atoms with Crippen LogP contribution in [0.2, 0.25) is 0 Å². The van der Waals surface area contributed by atoms with E-state index in [4.69, 9.17) is 23.7 Å². The van der Waals surface area contributed by atoms with Crippen LogP contribution in [0.5, 0.6) is 0 Å². The second-order valence-electron chi connectivity index (χ2n) is 22.4. The number of esters is 3. The normalized spacial score (nSPS) is 18.2. The van der Waals surface area contributed by atoms with E-state index in [2.05, 4.69) is 106 Å². The number of carboxylic acid groups (broad SMARTS) is 1. The fourth-order valence-corrected chi connectivity index (χ4v) is 9.56. The van der Waals surface area contributed by atoms with Crippen molar-refractivity contribution in [3.8, 4) is 0 Å². The van der Waals surface area contributed by atoms with Crippen molar-refractivity contribution < 1.29 is 58.2 Å². The quantitative estimate of drug-likeness (QED) is 0.0228. The molecular formula is C71H118O12. The fraction of sp³-hybridized carbons (Fsp3) is 0.718. The Kier molecular flexibility index (Phi) is 53.6. The molecule has 0 aromatic carbocycles. The fourth-order valence-electron chi connectivity index (χ4n) is 9.56. The Bertz CT molecular complexity index is 1810. The van der Waals surface area contributed by atoms with Gasteiger partial charge in [0.25, 0.3) is 0 Å². The van der Waals surface area contributed by atoms with Crippen LogP contribution in [-0.4, -0.2) is 89.2 Å². The van der Waals surface area contributed by atoms with Crippen LogP contribution in [0.25, 0.3) is 0 Å². The van der Waals surface area contributed by atoms with Gasteiger partial charge >= 0.3 is 23.9 Å². The standard InChI is InChI=1S/C71H118O12/c1-4-7-10-13-16-19-22-25-28-30-32-34-37-39-42-45-48-51-54-57-63(72)79-60-62(81-64(73)58-55-52-49-46-43-41-38-35-33-31-29-26-23-20-17-14-11-8-5-2)61-80-71-69(67(76)66(75)68(83-71)70(77)78)82-65(74)59-56-53-50-47-44-40-36-27-24-21-18-15-12-9-6-3/h7,10,16,19,25-29,32,34,36,39,42,48,51,62,66-69,71,75-76H,4-6,8-9,11-15,17-18,20-24,30-31,33,35,37-38,40-41,43-47,49-50,52-61H2,1-3H3,(H,77,78)/b10-7-,19-16-,28-25-,29-26-,34-32-,36-27-,42-39-,51-48-. The molecule has 1 saturated heterocycles. The molecule has 1 aliphatic heterocycles. The number of carbonyl (C=O) groups excluding carboxylic acids is 3. The zero-order valence-corrected chi connectivity index (χ0v) is 52.4. The highest BCUT2D eigenvalue weighted by atomic mass is 16.7. The number of allylic oxidation sites excluding steroid dienone is 16. The number of ether oxygens (including phenoxy) is 5. The average molecular weight is 1160 g/mol. The monoisotopic (exact) mass is 1160 g/mol. The van der Waals surface area contributed by atoms with Gasteiger partial charge in [0.2, 0.25) is 0 Å². The third kappa shape index (κ3) is 47.6. The third-order valence-corrected chi connectivity index (χ3v) is 14.6. The molecule has 12 heteroatoms. The number of unbranched alkanes of at least 4 members (excludes halogenated alkanes) is 26. The summed E-state index contributed by atoms with van der Waals surface area (Å²) in [5.41, 5.74) is 0. The number of aliphatic hydroxyl groups is 2. The van der Waals surface area contributed by atoms with Gasteiger partial charge in [-0.2, -0.15) is 0 Å². The predicted octanol–water partition coefficient (Wildman–Crippen LogP) is 18.0. The van der Waals surface area contributed by atoms with Gasteiger partial charge in [-0.1, -0.05) is 246 Å². The van der Waals surface area contributed by atoms with E-state index < -0.39 is 67.3 Å². The Morgan fingerprint density at radius 3 is 1.20 bits per heavy atom. The molecule has 0 radical (unpaired) electrons. The van der Waals surface area contributed by atoms with Crippen molar-refractivity contribution in [3.05, 3.63) is 97.2 Å². The van der Waals surface area contributed by atoms with E-state index in [1.54, 1.807) is 0 Å². The highest BCUT2D eigenvalue weighted by molar-refractivity contribution is 5.74. The molecule has 12 nitrogen and oxygen atoms in total. The van der Waals surface area contributed by atoms with Crippen molar-refractivity contribution in [2.45, 2.75) is 314 Å². The summed E-state index contributed by atoms with van der Waals surface area (Å²) < 4.78 is 28.5. The molecule has 474 valence electrons. The van der Waals surface area contributed by atoms with E-state index >= 15 is 0 Å². The molecule has 0 aromatic rings. The molecule has 0 bridgehead atoms. The molecule has 3 N–H and O–H groups in total. The van der Waals surface area contributed by atoms with Gasteiger partial charge in [0, 0.05) is 19.3 Å². The van der Waals surface area contributed by atoms with E-state index in [0.717, 1.165) is 109 Å². The summed E-state index contributed by atoms with van der Waals surface area (Å²) in [4.78, 5) is 51.3. The molecule has 6 unspecified atom stereocenters. The van der Waals surface area contributed by atoms with Crippen LogP contribution in [-0.2, 0) is 42.9 Å². The van der Waals surface area contributed by atoms with Crippen LogP contribution in [0.15, 0.2) is 97.2 Å². The van der Waals surface area contributed by atoms with Crippen molar-refractivity contribution in [3.63, 3.8) is 0 Å². The largest absolute Gasteiger partial charge is 0.479 e. The second-order valence-corrected chi connectivity index (χ2v) is 22.4. The first-order valence-corrected chi connectivity index (χ1v) is 33.2. The molecule has 6 atom stereocenters. The molecule has 0 saturated carbocycles. The molecule has 83 heavy (non-hydrogen) atoms. The van der Waals surface area contributed by atoms with Crippen molar-refractivity contribution in [1.29, 1.82) is 0 Å². The van der Waals surface area contributed by atoms with Gasteiger partial charge in [-0.3, -0.25) is 14.4 Å². The molecule has 1 fully saturated rings. The van der Waals surface area contributed by atoms with Crippen LogP contribution < -0.4 is 0 Å². The van der Waals surface area contributed by atoms with E-state index in [0.29, 0.717) is 19.3 Å². The van der Waals surface area contributed by atoms with E-state index in [9.17, 15) is 34.5 Å². The number of carbonyl (C=O) groups is 4. The second kappa shape index (κ2) is 58.0. The van der Waals surface area contributed by atoms with Crippen LogP contribution in [0.4, 0.5) is 0 Å². The van der Waals surface area contributed by atoms with E-state index in [1.807, 2.05) is 12.2 Å². The van der Waals surface area contributed by atoms with Gasteiger partial charge in [-0.05, 0) is 109 Å². The summed E-state index contributed by atoms with van der Waals surface area (Å²) in [6.45, 7) is 5.83. The van der Waals surface area contributed by atoms with E-state index in [1.165, 1.54) is 109 Å². The van der Waals surface area contributed by atoms with E-state index in [-0.39, 0.29) is 25.9 Å². The molecule has 1 aliphatic rings. The summed E-state index contributed by atoms with van der Waals surface area (Å²) in [5, 5.41) is 31.6. The molecule has 0 amide bonds. The third-order valence-electron chi connectivity index (χ3n) is 14.6. The maximum absolute atomic E-state index is 13.2. The van der Waals surface area contributed by atoms with Crippen molar-refractivity contribution in [2.75, 3.05) is 13.2 Å². The maximum Gasteiger partial charge on any atom is 0.335 e. The Balaban J connectivity index is 2.71. The molecule has 0 aliphatic carbocycles. The molecular weight excluding hydrogens is 1040 g/mol. The minimum absolute atomic E-state index is 0.0405. The first-order chi connectivity index (χ1) is 40.6. The van der Waals surface area contributed by atoms with Gasteiger partial charge in [0.05, 0.1) is 6.61 Å². The number of aliphatic carboxylic acids is 1. The number of hydrogen-bond donors (Lipinski definition) is 3. The maximum atomic E-state index is 13.2. The minimum Gasteiger partial charge on any atom is -0.479 e. The van der Waals surface area contributed by atoms with Gasteiger partial charge in [-0.25, -0.2) is 4.79 Å². The zero-order chi connectivity index (χ0) is 60.3. The summed E-state index contributed by atoms with van der Waals surface area (Å²) in [6.07, 6.45) is 65.2. The zero-order valence-electron chi connectivity index (χ0n) is 52.4. The Morgan fingerprint density at radius 2 is 0.783 bits per heavy atom. The minimum atomic E-state index is -1.92. The summed E-state index contributed by atoms with van der Waals surface area (Å²) >= 11 is 0. The summed E-state index contributed by atoms with van der Waals surface area (Å²) in [5.74, 6) is -3.24. The lowest BCUT2D eigenvalue weighted by atomic mass is 9.98. The van der Waals surface area contributed by atoms with Gasteiger partial charge in [0.15, 0.2) is 24.6 Å². The van der Waals surface area contributed by atoms with Crippen LogP contribution in [0.1, 0.15) is 278 Å². The van der Waals surface area contributed by atoms with Gasteiger partial charge < -0.3 is 39.0 Å². The first kappa shape index (κ1) is 76.7. The Morgan fingerprint density at radius 1 is 0.410 bits per heavy atom. The van der Waals surface area contributed by atoms with Crippen molar-refractivity contribution in [1.82, 2.24) is 0 Å². The first-order valence-electron chi connectivity index (χ1n) is 33.2. The number of aliphatic hydroxyl groups excluding tert-OH is 2. The molecule has 0 spiro atoms.